The lowest BCUT2D eigenvalue weighted by Gasteiger charge is -2.25. The minimum absolute atomic E-state index is 0. The summed E-state index contributed by atoms with van der Waals surface area (Å²) in [5.74, 6) is -2.06. The maximum atomic E-state index is 11.9. The second kappa shape index (κ2) is 11.9. The quantitative estimate of drug-likeness (QED) is 0.271. The second-order valence-corrected chi connectivity index (χ2v) is 6.44. The van der Waals surface area contributed by atoms with Crippen molar-refractivity contribution in [3.8, 4) is 11.5 Å². The molecule has 31 heavy (non-hydrogen) atoms. The van der Waals surface area contributed by atoms with Gasteiger partial charge >= 0.3 is 5.97 Å². The molecule has 0 spiro atoms. The Balaban J connectivity index is 0.00000480. The number of hydrogen-bond donors (Lipinski definition) is 3. The average Bonchev–Trinajstić information content (AvgIpc) is 2.70. The van der Waals surface area contributed by atoms with Crippen molar-refractivity contribution in [1.29, 1.82) is 5.41 Å². The fraction of sp³-hybridized carbons (Fsp3) is 0.250. The Morgan fingerprint density at radius 1 is 1.26 bits per heavy atom. The number of nitrogens with one attached hydrogen (secondary N) is 2. The number of carbonyl (C=O) groups excluding carboxylic acids is 2. The van der Waals surface area contributed by atoms with Crippen molar-refractivity contribution in [3.63, 3.8) is 0 Å². The van der Waals surface area contributed by atoms with E-state index in [-0.39, 0.29) is 46.9 Å². The van der Waals surface area contributed by atoms with Crippen LogP contribution in [0.1, 0.15) is 24.1 Å². The molecule has 0 amide bonds. The lowest BCUT2D eigenvalue weighted by Crippen LogP contribution is -2.34. The molecule has 168 valence electrons. The first-order valence-corrected chi connectivity index (χ1v) is 9.22. The van der Waals surface area contributed by atoms with Gasteiger partial charge in [-0.05, 0) is 37.3 Å². The van der Waals surface area contributed by atoms with Gasteiger partial charge in [-0.15, -0.1) is 12.4 Å². The lowest BCUT2D eigenvalue weighted by atomic mass is 10.0. The Morgan fingerprint density at radius 3 is 2.42 bits per heavy atom. The standard InChI is InChI=1S/C20H22ClN3O6.ClH/c1-3-29-16(25)10-30-18-14(8-12(21)9-15(18)28-2)17(20(26)27)24-13-6-4-11(5-7-13)19(22)23;/h4-9,17,24H,3,10H2,1-2H3,(H3,22,23)(H,26,27);1H/p-1. The van der Waals surface area contributed by atoms with E-state index in [0.717, 1.165) is 0 Å². The van der Waals surface area contributed by atoms with Gasteiger partial charge in [0.1, 0.15) is 5.84 Å². The van der Waals surface area contributed by atoms with Gasteiger partial charge in [-0.3, -0.25) is 5.41 Å². The summed E-state index contributed by atoms with van der Waals surface area (Å²) in [6.45, 7) is 1.37. The number of esters is 1. The van der Waals surface area contributed by atoms with Gasteiger partial charge < -0.3 is 35.2 Å². The van der Waals surface area contributed by atoms with Crippen molar-refractivity contribution in [2.45, 2.75) is 13.0 Å². The highest BCUT2D eigenvalue weighted by molar-refractivity contribution is 6.31. The number of amidine groups is 1. The monoisotopic (exact) mass is 470 g/mol. The van der Waals surface area contributed by atoms with E-state index in [1.54, 1.807) is 31.2 Å². The van der Waals surface area contributed by atoms with Crippen molar-refractivity contribution < 1.29 is 28.9 Å². The Morgan fingerprint density at radius 2 is 1.90 bits per heavy atom. The molecular weight excluding hydrogens is 449 g/mol. The van der Waals surface area contributed by atoms with E-state index < -0.39 is 24.6 Å². The average molecular weight is 471 g/mol. The highest BCUT2D eigenvalue weighted by atomic mass is 35.5. The molecule has 11 heteroatoms. The number of methoxy groups -OCH3 is 1. The maximum absolute atomic E-state index is 11.9. The Hall–Kier alpha value is -3.17. The van der Waals surface area contributed by atoms with Gasteiger partial charge in [-0.2, -0.15) is 0 Å². The molecule has 9 nitrogen and oxygen atoms in total. The van der Waals surface area contributed by atoms with E-state index in [1.165, 1.54) is 19.2 Å². The van der Waals surface area contributed by atoms with Gasteiger partial charge in [0.25, 0.3) is 0 Å². The normalized spacial score (nSPS) is 10.9. The largest absolute Gasteiger partial charge is 0.548 e. The summed E-state index contributed by atoms with van der Waals surface area (Å²) in [6.07, 6.45) is 0. The first-order chi connectivity index (χ1) is 14.3. The number of nitrogens with two attached hydrogens (primary N) is 1. The summed E-state index contributed by atoms with van der Waals surface area (Å²) < 4.78 is 15.6. The van der Waals surface area contributed by atoms with E-state index in [4.69, 9.17) is 37.0 Å². The van der Waals surface area contributed by atoms with Crippen LogP contribution in [0.25, 0.3) is 0 Å². The number of hydrogen-bond acceptors (Lipinski definition) is 8. The Bertz CT molecular complexity index is 937. The van der Waals surface area contributed by atoms with Crippen LogP contribution in [0.2, 0.25) is 5.02 Å². The summed E-state index contributed by atoms with van der Waals surface area (Å²) in [7, 11) is 1.36. The molecule has 2 aromatic carbocycles. The maximum Gasteiger partial charge on any atom is 0.344 e. The summed E-state index contributed by atoms with van der Waals surface area (Å²) >= 11 is 6.11. The number of anilines is 1. The summed E-state index contributed by atoms with van der Waals surface area (Å²) in [6, 6.07) is 7.67. The molecule has 1 unspecified atom stereocenters. The molecule has 0 saturated heterocycles. The minimum Gasteiger partial charge on any atom is -0.548 e. The zero-order valence-electron chi connectivity index (χ0n) is 16.8. The molecule has 0 fully saturated rings. The highest BCUT2D eigenvalue weighted by Gasteiger charge is 2.23. The topological polar surface area (TPSA) is 147 Å². The molecule has 2 aromatic rings. The number of halogens is 2. The Kier molecular flexibility index (Phi) is 9.91. The van der Waals surface area contributed by atoms with Crippen LogP contribution in [0.15, 0.2) is 36.4 Å². The molecular formula is C20H22Cl2N3O6-. The van der Waals surface area contributed by atoms with Gasteiger partial charge in [0.2, 0.25) is 0 Å². The highest BCUT2D eigenvalue weighted by Crippen LogP contribution is 2.39. The third-order valence-corrected chi connectivity index (χ3v) is 4.18. The van der Waals surface area contributed by atoms with Crippen LogP contribution >= 0.6 is 24.0 Å². The molecule has 0 radical (unpaired) electrons. The van der Waals surface area contributed by atoms with Crippen molar-refractivity contribution in [2.75, 3.05) is 25.6 Å². The molecule has 0 aliphatic heterocycles. The molecule has 0 bridgehead atoms. The number of ether oxygens (including phenoxy) is 3. The lowest BCUT2D eigenvalue weighted by molar-refractivity contribution is -0.307. The van der Waals surface area contributed by atoms with Gasteiger partial charge in [-0.25, -0.2) is 4.79 Å². The molecule has 0 aliphatic carbocycles. The molecule has 0 saturated carbocycles. The van der Waals surface area contributed by atoms with Crippen molar-refractivity contribution in [1.82, 2.24) is 0 Å². The van der Waals surface area contributed by atoms with Gasteiger partial charge in [0.15, 0.2) is 18.1 Å². The van der Waals surface area contributed by atoms with E-state index in [2.05, 4.69) is 5.32 Å². The van der Waals surface area contributed by atoms with Crippen molar-refractivity contribution in [3.05, 3.63) is 52.5 Å². The molecule has 0 heterocycles. The minimum atomic E-state index is -1.46. The van der Waals surface area contributed by atoms with Crippen LogP contribution in [0, 0.1) is 5.41 Å². The molecule has 4 N–H and O–H groups in total. The first-order valence-electron chi connectivity index (χ1n) is 8.84. The fourth-order valence-corrected chi connectivity index (χ4v) is 2.84. The number of aliphatic carboxylic acids is 1. The second-order valence-electron chi connectivity index (χ2n) is 6.01. The van der Waals surface area contributed by atoms with E-state index >= 15 is 0 Å². The number of benzene rings is 2. The zero-order chi connectivity index (χ0) is 22.3. The molecule has 0 aromatic heterocycles. The number of nitrogen functional groups attached to an aromatic ring is 1. The van der Waals surface area contributed by atoms with Crippen molar-refractivity contribution >= 4 is 47.5 Å². The van der Waals surface area contributed by atoms with Crippen LogP contribution in [-0.4, -0.2) is 38.1 Å². The third kappa shape index (κ3) is 6.94. The number of carbonyl (C=O) groups is 2. The smallest absolute Gasteiger partial charge is 0.344 e. The van der Waals surface area contributed by atoms with Crippen molar-refractivity contribution in [2.24, 2.45) is 5.73 Å². The predicted octanol–water partition coefficient (Wildman–Crippen LogP) is 1.90. The summed E-state index contributed by atoms with van der Waals surface area (Å²) in [5.41, 5.74) is 6.43. The zero-order valence-corrected chi connectivity index (χ0v) is 18.3. The molecule has 0 aliphatic rings. The van der Waals surface area contributed by atoms with E-state index in [0.29, 0.717) is 11.3 Å². The number of carboxylic acids is 1. The van der Waals surface area contributed by atoms with Gasteiger partial charge in [-0.1, -0.05) is 11.6 Å². The SMILES string of the molecule is CCOC(=O)COc1c(OC)cc(Cl)cc1C(Nc1ccc(C(=N)N)cc1)C(=O)[O-].Cl. The van der Waals surface area contributed by atoms with Crippen LogP contribution < -0.4 is 25.6 Å². The van der Waals surface area contributed by atoms with Gasteiger partial charge in [0, 0.05) is 27.9 Å². The van der Waals surface area contributed by atoms with Crippen LogP contribution in [-0.2, 0) is 14.3 Å². The predicted molar refractivity (Wildman–Crippen MR) is 116 cm³/mol. The number of carboxylic acid groups (broad SMARTS) is 1. The Labute approximate surface area is 190 Å². The first kappa shape index (κ1) is 25.9. The van der Waals surface area contributed by atoms with E-state index in [1.807, 2.05) is 0 Å². The summed E-state index contributed by atoms with van der Waals surface area (Å²) in [4.78, 5) is 23.6. The van der Waals surface area contributed by atoms with E-state index in [9.17, 15) is 14.7 Å². The van der Waals surface area contributed by atoms with Crippen LogP contribution in [0.4, 0.5) is 5.69 Å². The van der Waals surface area contributed by atoms with Crippen LogP contribution in [0.3, 0.4) is 0 Å². The number of rotatable bonds is 10. The van der Waals surface area contributed by atoms with Crippen LogP contribution in [0.5, 0.6) is 11.5 Å². The molecule has 2 rings (SSSR count). The third-order valence-electron chi connectivity index (χ3n) is 3.96. The fourth-order valence-electron chi connectivity index (χ4n) is 2.62. The molecule has 1 atom stereocenters. The summed E-state index contributed by atoms with van der Waals surface area (Å²) in [5, 5.41) is 22.4. The van der Waals surface area contributed by atoms with Gasteiger partial charge in [0.05, 0.1) is 25.7 Å².